The normalized spacial score (nSPS) is 12.6. The molecule has 0 aliphatic carbocycles. The van der Waals surface area contributed by atoms with Crippen molar-refractivity contribution < 1.29 is 24.5 Å². The number of hydrogen-bond acceptors (Lipinski definition) is 5. The number of aliphatic hydroxyl groups is 2. The van der Waals surface area contributed by atoms with Crippen molar-refractivity contribution >= 4 is 11.9 Å². The van der Waals surface area contributed by atoms with Crippen molar-refractivity contribution in [2.45, 2.75) is 527 Å². The van der Waals surface area contributed by atoms with Gasteiger partial charge in [-0.3, -0.25) is 9.59 Å². The summed E-state index contributed by atoms with van der Waals surface area (Å²) in [6, 6.07) is -0.540. The lowest BCUT2D eigenvalue weighted by Gasteiger charge is -2.22. The average molecular weight is 1380 g/mol. The molecule has 0 spiro atoms. The minimum absolute atomic E-state index is 0.0161. The van der Waals surface area contributed by atoms with Gasteiger partial charge in [-0.05, 0) is 83.5 Å². The van der Waals surface area contributed by atoms with E-state index in [4.69, 9.17) is 4.74 Å². The van der Waals surface area contributed by atoms with Crippen molar-refractivity contribution in [3.63, 3.8) is 0 Å². The van der Waals surface area contributed by atoms with Crippen LogP contribution in [-0.2, 0) is 14.3 Å². The zero-order valence-electron chi connectivity index (χ0n) is 66.8. The molecule has 0 aliphatic heterocycles. The van der Waals surface area contributed by atoms with Gasteiger partial charge in [0.1, 0.15) is 0 Å². The maximum atomic E-state index is 12.6. The molecule has 0 radical (unpaired) electrons. The van der Waals surface area contributed by atoms with Crippen LogP contribution in [0.5, 0.6) is 0 Å². The van der Waals surface area contributed by atoms with Crippen LogP contribution in [0.2, 0.25) is 0 Å². The number of esters is 1. The standard InChI is InChI=1S/C92H177NO5/c1-3-5-7-9-11-13-15-17-19-21-23-24-25-43-46-49-52-56-60-64-68-72-76-80-84-90(95)89(88-94)93-91(96)85-81-77-73-69-65-61-57-53-50-47-44-41-39-37-35-33-31-29-27-26-28-30-32-34-36-38-40-42-45-48-51-55-59-63-67-71-75-79-83-87-98-92(97)86-82-78-74-70-66-62-58-54-22-20-18-16-14-12-10-8-6-4-2/h14,16,20,22,26-27,89-90,94-95H,3-13,15,17-19,21,23-25,28-88H2,1-2H3,(H,93,96)/b16-14-,22-20-,27-26-. The lowest BCUT2D eigenvalue weighted by Crippen LogP contribution is -2.45. The molecule has 580 valence electrons. The molecule has 6 nitrogen and oxygen atoms in total. The Bertz CT molecular complexity index is 1590. The summed E-state index contributed by atoms with van der Waals surface area (Å²) in [7, 11) is 0. The number of nitrogens with one attached hydrogen (secondary N) is 1. The smallest absolute Gasteiger partial charge is 0.305 e. The minimum atomic E-state index is -0.663. The molecular formula is C92H177NO5. The van der Waals surface area contributed by atoms with Crippen molar-refractivity contribution in [1.29, 1.82) is 0 Å². The summed E-state index contributed by atoms with van der Waals surface area (Å²) in [4.78, 5) is 24.7. The fourth-order valence-corrected chi connectivity index (χ4v) is 14.6. The average Bonchev–Trinajstić information content (AvgIpc) is 1.88. The Hall–Kier alpha value is -1.92. The first-order valence-corrected chi connectivity index (χ1v) is 45.2. The molecule has 0 saturated carbocycles. The van der Waals surface area contributed by atoms with E-state index < -0.39 is 12.1 Å². The summed E-state index contributed by atoms with van der Waals surface area (Å²) in [5.74, 6) is -0.00821. The number of allylic oxidation sites excluding steroid dienone is 6. The molecule has 0 heterocycles. The molecule has 1 amide bonds. The highest BCUT2D eigenvalue weighted by Gasteiger charge is 2.20. The van der Waals surface area contributed by atoms with E-state index in [1.807, 2.05) is 0 Å². The van der Waals surface area contributed by atoms with Crippen LogP contribution >= 0.6 is 0 Å². The molecule has 3 N–H and O–H groups in total. The third kappa shape index (κ3) is 83.0. The predicted octanol–water partition coefficient (Wildman–Crippen LogP) is 30.5. The summed E-state index contributed by atoms with van der Waals surface area (Å²) in [6.45, 7) is 5.00. The highest BCUT2D eigenvalue weighted by atomic mass is 16.5. The lowest BCUT2D eigenvalue weighted by molar-refractivity contribution is -0.143. The quantitative estimate of drug-likeness (QED) is 0.0320. The zero-order valence-corrected chi connectivity index (χ0v) is 66.8. The Morgan fingerprint density at radius 1 is 0.286 bits per heavy atom. The molecule has 0 aromatic carbocycles. The summed E-state index contributed by atoms with van der Waals surface area (Å²) in [5.41, 5.74) is 0. The maximum Gasteiger partial charge on any atom is 0.305 e. The van der Waals surface area contributed by atoms with Gasteiger partial charge in [-0.25, -0.2) is 0 Å². The molecule has 0 aromatic rings. The number of ether oxygens (including phenoxy) is 1. The Morgan fingerprint density at radius 2 is 0.510 bits per heavy atom. The number of aliphatic hydroxyl groups excluding tert-OH is 2. The largest absolute Gasteiger partial charge is 0.466 e. The van der Waals surface area contributed by atoms with Gasteiger partial charge >= 0.3 is 5.97 Å². The fourth-order valence-electron chi connectivity index (χ4n) is 14.6. The first-order valence-electron chi connectivity index (χ1n) is 45.2. The molecule has 2 unspecified atom stereocenters. The summed E-state index contributed by atoms with van der Waals surface area (Å²) < 4.78 is 5.52. The van der Waals surface area contributed by atoms with Gasteiger partial charge in [0.05, 0.1) is 25.4 Å². The van der Waals surface area contributed by atoms with E-state index in [1.165, 1.54) is 430 Å². The Kier molecular flexibility index (Phi) is 85.8. The number of hydrogen-bond donors (Lipinski definition) is 3. The predicted molar refractivity (Wildman–Crippen MR) is 435 cm³/mol. The van der Waals surface area contributed by atoms with Gasteiger partial charge in [0.2, 0.25) is 5.91 Å². The molecule has 0 aliphatic rings. The Balaban J connectivity index is 3.33. The van der Waals surface area contributed by atoms with Crippen LogP contribution < -0.4 is 5.32 Å². The van der Waals surface area contributed by atoms with Gasteiger partial charge in [0, 0.05) is 12.8 Å². The van der Waals surface area contributed by atoms with Crippen LogP contribution in [-0.4, -0.2) is 47.4 Å². The monoisotopic (exact) mass is 1380 g/mol. The van der Waals surface area contributed by atoms with Gasteiger partial charge in [0.25, 0.3) is 0 Å². The maximum absolute atomic E-state index is 12.6. The van der Waals surface area contributed by atoms with Gasteiger partial charge in [-0.2, -0.15) is 0 Å². The van der Waals surface area contributed by atoms with Gasteiger partial charge in [0.15, 0.2) is 0 Å². The van der Waals surface area contributed by atoms with Crippen molar-refractivity contribution in [2.75, 3.05) is 13.2 Å². The van der Waals surface area contributed by atoms with Crippen molar-refractivity contribution in [1.82, 2.24) is 5.32 Å². The second-order valence-corrected chi connectivity index (χ2v) is 31.3. The van der Waals surface area contributed by atoms with Crippen LogP contribution in [0, 0.1) is 0 Å². The van der Waals surface area contributed by atoms with Gasteiger partial charge in [-0.1, -0.05) is 455 Å². The topological polar surface area (TPSA) is 95.9 Å². The zero-order chi connectivity index (χ0) is 70.5. The molecule has 6 heteroatoms. The van der Waals surface area contributed by atoms with Crippen molar-refractivity contribution in [2.24, 2.45) is 0 Å². The Labute approximate surface area is 614 Å². The number of rotatable bonds is 86. The van der Waals surface area contributed by atoms with Crippen molar-refractivity contribution in [3.05, 3.63) is 36.5 Å². The summed E-state index contributed by atoms with van der Waals surface area (Å²) >= 11 is 0. The molecule has 0 aromatic heterocycles. The fraction of sp³-hybridized carbons (Fsp3) is 0.913. The van der Waals surface area contributed by atoms with Crippen molar-refractivity contribution in [3.8, 4) is 0 Å². The molecule has 0 bridgehead atoms. The van der Waals surface area contributed by atoms with E-state index in [9.17, 15) is 19.8 Å². The van der Waals surface area contributed by atoms with Crippen LogP contribution in [0.3, 0.4) is 0 Å². The number of amides is 1. The van der Waals surface area contributed by atoms with E-state index in [2.05, 4.69) is 55.6 Å². The second-order valence-electron chi connectivity index (χ2n) is 31.3. The van der Waals surface area contributed by atoms with Gasteiger partial charge in [-0.15, -0.1) is 0 Å². The number of unbranched alkanes of at least 4 members (excludes halogenated alkanes) is 69. The van der Waals surface area contributed by atoms with E-state index in [0.29, 0.717) is 25.9 Å². The van der Waals surface area contributed by atoms with E-state index in [-0.39, 0.29) is 18.5 Å². The molecule has 0 fully saturated rings. The molecular weight excluding hydrogens is 1200 g/mol. The van der Waals surface area contributed by atoms with E-state index in [0.717, 1.165) is 51.4 Å². The van der Waals surface area contributed by atoms with Crippen LogP contribution in [0.25, 0.3) is 0 Å². The van der Waals surface area contributed by atoms with E-state index in [1.54, 1.807) is 0 Å². The number of carbonyl (C=O) groups is 2. The highest BCUT2D eigenvalue weighted by Crippen LogP contribution is 2.21. The van der Waals surface area contributed by atoms with Gasteiger partial charge < -0.3 is 20.3 Å². The van der Waals surface area contributed by atoms with Crippen LogP contribution in [0.4, 0.5) is 0 Å². The Morgan fingerprint density at radius 3 is 0.796 bits per heavy atom. The second kappa shape index (κ2) is 87.5. The SMILES string of the molecule is CCCCCC/C=C\C/C=C\CCCCCCCCCC(=O)OCCCCCCCCCCCCCCCCCCCC/C=C\CCCCCCCCCCCCCCCCCCCC(=O)NC(CO)C(O)CCCCCCCCCCCCCCCCCCCCCCCCCC. The molecule has 2 atom stereocenters. The lowest BCUT2D eigenvalue weighted by atomic mass is 10.0. The van der Waals surface area contributed by atoms with Crippen LogP contribution in [0.1, 0.15) is 515 Å². The summed E-state index contributed by atoms with van der Waals surface area (Å²) in [6.07, 6.45) is 116. The summed E-state index contributed by atoms with van der Waals surface area (Å²) in [5, 5.41) is 23.5. The first kappa shape index (κ1) is 96.1. The molecule has 98 heavy (non-hydrogen) atoms. The minimum Gasteiger partial charge on any atom is -0.466 e. The highest BCUT2D eigenvalue weighted by molar-refractivity contribution is 5.76. The molecule has 0 saturated heterocycles. The third-order valence-electron chi connectivity index (χ3n) is 21.4. The molecule has 0 rings (SSSR count). The van der Waals surface area contributed by atoms with E-state index >= 15 is 0 Å². The van der Waals surface area contributed by atoms with Crippen LogP contribution in [0.15, 0.2) is 36.5 Å². The third-order valence-corrected chi connectivity index (χ3v) is 21.4. The first-order chi connectivity index (χ1) is 48.5. The number of carbonyl (C=O) groups excluding carboxylic acids is 2.